The molecule has 0 spiro atoms. The molecule has 0 amide bonds. The second-order valence-electron chi connectivity index (χ2n) is 5.50. The largest absolute Gasteiger partial charge is 0.378 e. The van der Waals surface area contributed by atoms with Crippen LogP contribution in [0.5, 0.6) is 0 Å². The van der Waals surface area contributed by atoms with Gasteiger partial charge >= 0.3 is 0 Å². The molecule has 2 atom stereocenters. The molecule has 0 saturated heterocycles. The van der Waals surface area contributed by atoms with Crippen LogP contribution in [0.25, 0.3) is 0 Å². The third-order valence-electron chi connectivity index (χ3n) is 4.22. The minimum absolute atomic E-state index is 0.540. The van der Waals surface area contributed by atoms with E-state index >= 15 is 0 Å². The summed E-state index contributed by atoms with van der Waals surface area (Å²) in [7, 11) is 0. The quantitative estimate of drug-likeness (QED) is 0.750. The van der Waals surface area contributed by atoms with Crippen LogP contribution in [-0.4, -0.2) is 25.3 Å². The molecule has 1 N–H and O–H groups in total. The highest BCUT2D eigenvalue weighted by Crippen LogP contribution is 2.30. The smallest absolute Gasteiger partial charge is 0.0590 e. The lowest BCUT2D eigenvalue weighted by Gasteiger charge is -2.31. The van der Waals surface area contributed by atoms with Gasteiger partial charge in [-0.05, 0) is 44.6 Å². The predicted octanol–water partition coefficient (Wildman–Crippen LogP) is 3.11. The van der Waals surface area contributed by atoms with Crippen LogP contribution in [-0.2, 0) is 4.74 Å². The Kier molecular flexibility index (Phi) is 5.11. The molecule has 2 nitrogen and oxygen atoms in total. The first kappa shape index (κ1) is 12.4. The maximum absolute atomic E-state index is 6.03. The first-order valence-corrected chi connectivity index (χ1v) is 7.23. The Hall–Kier alpha value is -0.0800. The van der Waals surface area contributed by atoms with Crippen LogP contribution in [0.1, 0.15) is 58.3 Å². The molecule has 2 heteroatoms. The van der Waals surface area contributed by atoms with Crippen LogP contribution in [0.2, 0.25) is 0 Å². The predicted molar refractivity (Wildman–Crippen MR) is 67.6 cm³/mol. The van der Waals surface area contributed by atoms with Gasteiger partial charge in [0.2, 0.25) is 0 Å². The van der Waals surface area contributed by atoms with Crippen molar-refractivity contribution in [3.05, 3.63) is 0 Å². The average Bonchev–Trinajstić information content (AvgIpc) is 2.23. The fourth-order valence-corrected chi connectivity index (χ4v) is 2.95. The van der Waals surface area contributed by atoms with Crippen molar-refractivity contribution in [2.75, 3.05) is 13.2 Å². The minimum atomic E-state index is 0.540. The van der Waals surface area contributed by atoms with E-state index in [0.717, 1.165) is 19.1 Å². The van der Waals surface area contributed by atoms with E-state index < -0.39 is 0 Å². The monoisotopic (exact) mass is 225 g/mol. The van der Waals surface area contributed by atoms with Crippen molar-refractivity contribution in [1.82, 2.24) is 5.32 Å². The topological polar surface area (TPSA) is 21.3 Å². The van der Waals surface area contributed by atoms with E-state index in [-0.39, 0.29) is 0 Å². The van der Waals surface area contributed by atoms with Crippen LogP contribution in [0.15, 0.2) is 0 Å². The van der Waals surface area contributed by atoms with Gasteiger partial charge < -0.3 is 10.1 Å². The summed E-state index contributed by atoms with van der Waals surface area (Å²) in [5.74, 6) is 0.994. The SMILES string of the molecule is CCNC1CCCC(OCCC2CCC2)C1. The zero-order valence-electron chi connectivity index (χ0n) is 10.7. The van der Waals surface area contributed by atoms with E-state index in [1.54, 1.807) is 0 Å². The van der Waals surface area contributed by atoms with E-state index in [4.69, 9.17) is 4.74 Å². The summed E-state index contributed by atoms with van der Waals surface area (Å²) in [5, 5.41) is 3.56. The highest BCUT2D eigenvalue weighted by molar-refractivity contribution is 4.78. The maximum Gasteiger partial charge on any atom is 0.0590 e. The van der Waals surface area contributed by atoms with Gasteiger partial charge in [0.25, 0.3) is 0 Å². The van der Waals surface area contributed by atoms with E-state index in [9.17, 15) is 0 Å². The Balaban J connectivity index is 1.57. The lowest BCUT2D eigenvalue weighted by Crippen LogP contribution is -2.37. The number of hydrogen-bond donors (Lipinski definition) is 1. The van der Waals surface area contributed by atoms with Gasteiger partial charge in [0.1, 0.15) is 0 Å². The van der Waals surface area contributed by atoms with Gasteiger partial charge in [-0.2, -0.15) is 0 Å². The van der Waals surface area contributed by atoms with Gasteiger partial charge in [0.05, 0.1) is 6.10 Å². The standard InChI is InChI=1S/C14H27NO/c1-2-15-13-7-4-8-14(11-13)16-10-9-12-5-3-6-12/h12-15H,2-11H2,1H3. The molecule has 2 saturated carbocycles. The molecular formula is C14H27NO. The molecule has 2 rings (SSSR count). The Labute approximate surface area is 100 Å². The molecule has 0 aromatic heterocycles. The molecule has 2 aliphatic carbocycles. The van der Waals surface area contributed by atoms with E-state index in [1.165, 1.54) is 51.4 Å². The van der Waals surface area contributed by atoms with Crippen LogP contribution in [0.3, 0.4) is 0 Å². The van der Waals surface area contributed by atoms with Crippen LogP contribution in [0, 0.1) is 5.92 Å². The first-order chi connectivity index (χ1) is 7.88. The Morgan fingerprint density at radius 2 is 1.94 bits per heavy atom. The van der Waals surface area contributed by atoms with Crippen molar-refractivity contribution in [1.29, 1.82) is 0 Å². The summed E-state index contributed by atoms with van der Waals surface area (Å²) < 4.78 is 6.03. The fraction of sp³-hybridized carbons (Fsp3) is 1.00. The lowest BCUT2D eigenvalue weighted by atomic mass is 9.83. The van der Waals surface area contributed by atoms with Crippen LogP contribution < -0.4 is 5.32 Å². The van der Waals surface area contributed by atoms with E-state index in [1.807, 2.05) is 0 Å². The van der Waals surface area contributed by atoms with Gasteiger partial charge in [0.15, 0.2) is 0 Å². The molecule has 2 unspecified atom stereocenters. The normalized spacial score (nSPS) is 31.3. The van der Waals surface area contributed by atoms with Gasteiger partial charge in [-0.15, -0.1) is 0 Å². The summed E-state index contributed by atoms with van der Waals surface area (Å²) in [5.41, 5.74) is 0. The van der Waals surface area contributed by atoms with Gasteiger partial charge in [-0.3, -0.25) is 0 Å². The Morgan fingerprint density at radius 1 is 1.12 bits per heavy atom. The Bertz CT molecular complexity index is 189. The summed E-state index contributed by atoms with van der Waals surface area (Å²) in [4.78, 5) is 0. The highest BCUT2D eigenvalue weighted by atomic mass is 16.5. The molecule has 0 bridgehead atoms. The van der Waals surface area contributed by atoms with Crippen LogP contribution in [0.4, 0.5) is 0 Å². The maximum atomic E-state index is 6.03. The van der Waals surface area contributed by atoms with Gasteiger partial charge in [-0.25, -0.2) is 0 Å². The molecule has 0 heterocycles. The minimum Gasteiger partial charge on any atom is -0.378 e. The fourth-order valence-electron chi connectivity index (χ4n) is 2.95. The molecule has 94 valence electrons. The zero-order valence-corrected chi connectivity index (χ0v) is 10.7. The second kappa shape index (κ2) is 6.61. The first-order valence-electron chi connectivity index (χ1n) is 7.23. The molecule has 0 radical (unpaired) electrons. The third kappa shape index (κ3) is 3.74. The summed E-state index contributed by atoms with van der Waals surface area (Å²) >= 11 is 0. The molecular weight excluding hydrogens is 198 g/mol. The third-order valence-corrected chi connectivity index (χ3v) is 4.22. The van der Waals surface area contributed by atoms with Crippen molar-refractivity contribution in [2.24, 2.45) is 5.92 Å². The number of hydrogen-bond acceptors (Lipinski definition) is 2. The lowest BCUT2D eigenvalue weighted by molar-refractivity contribution is 0.00874. The average molecular weight is 225 g/mol. The van der Waals surface area contributed by atoms with Crippen molar-refractivity contribution in [2.45, 2.75) is 70.4 Å². The van der Waals surface area contributed by atoms with Crippen LogP contribution >= 0.6 is 0 Å². The van der Waals surface area contributed by atoms with E-state index in [2.05, 4.69) is 12.2 Å². The summed E-state index contributed by atoms with van der Waals surface area (Å²) in [6, 6.07) is 0.715. The molecule has 2 fully saturated rings. The molecule has 0 aliphatic heterocycles. The molecule has 2 aliphatic rings. The van der Waals surface area contributed by atoms with Gasteiger partial charge in [0, 0.05) is 12.6 Å². The summed E-state index contributed by atoms with van der Waals surface area (Å²) in [6.07, 6.45) is 11.4. The van der Waals surface area contributed by atoms with Crippen molar-refractivity contribution in [3.63, 3.8) is 0 Å². The molecule has 16 heavy (non-hydrogen) atoms. The van der Waals surface area contributed by atoms with E-state index in [0.29, 0.717) is 12.1 Å². The molecule has 0 aromatic carbocycles. The van der Waals surface area contributed by atoms with Crippen molar-refractivity contribution >= 4 is 0 Å². The number of ether oxygens (including phenoxy) is 1. The van der Waals surface area contributed by atoms with Crippen molar-refractivity contribution in [3.8, 4) is 0 Å². The second-order valence-corrected chi connectivity index (χ2v) is 5.50. The highest BCUT2D eigenvalue weighted by Gasteiger charge is 2.22. The van der Waals surface area contributed by atoms with Gasteiger partial charge in [-0.1, -0.05) is 26.2 Å². The molecule has 0 aromatic rings. The summed E-state index contributed by atoms with van der Waals surface area (Å²) in [6.45, 7) is 4.30. The Morgan fingerprint density at radius 3 is 2.62 bits per heavy atom. The number of nitrogens with one attached hydrogen (secondary N) is 1. The number of rotatable bonds is 6. The van der Waals surface area contributed by atoms with Crippen molar-refractivity contribution < 1.29 is 4.74 Å². The zero-order chi connectivity index (χ0) is 11.2.